The molecule has 4 nitrogen and oxygen atoms in total. The van der Waals surface area contributed by atoms with Crippen molar-refractivity contribution in [1.29, 1.82) is 0 Å². The van der Waals surface area contributed by atoms with Gasteiger partial charge in [0.25, 0.3) is 0 Å². The highest BCUT2D eigenvalue weighted by molar-refractivity contribution is 5.66. The van der Waals surface area contributed by atoms with E-state index < -0.39 is 0 Å². The van der Waals surface area contributed by atoms with E-state index in [1.54, 1.807) is 7.11 Å². The predicted molar refractivity (Wildman–Crippen MR) is 94.7 cm³/mol. The molecule has 0 spiro atoms. The van der Waals surface area contributed by atoms with Gasteiger partial charge in [-0.3, -0.25) is 0 Å². The lowest BCUT2D eigenvalue weighted by atomic mass is 10.0. The standard InChI is InChI=1S/C19H26N2O2/c1-21(2)14-18(22)13-20-12-17-10-9-16(11-19(17)23-3)15-7-5-4-6-8-15/h4-11,18,20,22H,12-14H2,1-3H3. The maximum atomic E-state index is 9.88. The quantitative estimate of drug-likeness (QED) is 0.785. The van der Waals surface area contributed by atoms with Crippen LogP contribution in [0, 0.1) is 0 Å². The van der Waals surface area contributed by atoms with Crippen molar-refractivity contribution in [3.8, 4) is 16.9 Å². The highest BCUT2D eigenvalue weighted by Crippen LogP contribution is 2.27. The Bertz CT molecular complexity index is 600. The molecule has 0 aliphatic carbocycles. The molecule has 23 heavy (non-hydrogen) atoms. The SMILES string of the molecule is COc1cc(-c2ccccc2)ccc1CNCC(O)CN(C)C. The van der Waals surface area contributed by atoms with Gasteiger partial charge in [-0.1, -0.05) is 42.5 Å². The first kappa shape index (κ1) is 17.5. The predicted octanol–water partition coefficient (Wildman–Crippen LogP) is 2.37. The van der Waals surface area contributed by atoms with Gasteiger partial charge in [0.2, 0.25) is 0 Å². The molecular weight excluding hydrogens is 288 g/mol. The molecule has 0 aliphatic heterocycles. The van der Waals surface area contributed by atoms with Gasteiger partial charge in [0.05, 0.1) is 13.2 Å². The third-order valence-corrected chi connectivity index (χ3v) is 3.67. The fourth-order valence-electron chi connectivity index (χ4n) is 2.56. The lowest BCUT2D eigenvalue weighted by molar-refractivity contribution is 0.134. The van der Waals surface area contributed by atoms with Gasteiger partial charge in [0.1, 0.15) is 5.75 Å². The number of ether oxygens (including phenoxy) is 1. The smallest absolute Gasteiger partial charge is 0.123 e. The minimum atomic E-state index is -0.375. The zero-order valence-electron chi connectivity index (χ0n) is 14.1. The van der Waals surface area contributed by atoms with E-state index in [9.17, 15) is 5.11 Å². The highest BCUT2D eigenvalue weighted by Gasteiger charge is 2.08. The molecule has 2 rings (SSSR count). The number of methoxy groups -OCH3 is 1. The summed E-state index contributed by atoms with van der Waals surface area (Å²) < 4.78 is 5.52. The van der Waals surface area contributed by atoms with Crippen LogP contribution in [0.15, 0.2) is 48.5 Å². The number of hydrogen-bond donors (Lipinski definition) is 2. The Morgan fingerprint density at radius 3 is 2.48 bits per heavy atom. The molecule has 1 unspecified atom stereocenters. The monoisotopic (exact) mass is 314 g/mol. The van der Waals surface area contributed by atoms with Crippen LogP contribution in [0.1, 0.15) is 5.56 Å². The number of aliphatic hydroxyl groups excluding tert-OH is 1. The molecule has 0 radical (unpaired) electrons. The third-order valence-electron chi connectivity index (χ3n) is 3.67. The first-order chi connectivity index (χ1) is 11.1. The summed E-state index contributed by atoms with van der Waals surface area (Å²) in [7, 11) is 5.59. The maximum absolute atomic E-state index is 9.88. The van der Waals surface area contributed by atoms with Gasteiger partial charge in [-0.15, -0.1) is 0 Å². The largest absolute Gasteiger partial charge is 0.496 e. The molecule has 1 atom stereocenters. The van der Waals surface area contributed by atoms with Crippen molar-refractivity contribution in [3.05, 3.63) is 54.1 Å². The number of nitrogens with zero attached hydrogens (tertiary/aromatic N) is 1. The van der Waals surface area contributed by atoms with Crippen LogP contribution in [0.5, 0.6) is 5.75 Å². The topological polar surface area (TPSA) is 44.7 Å². The molecule has 0 aliphatic rings. The zero-order valence-corrected chi connectivity index (χ0v) is 14.1. The van der Waals surface area contributed by atoms with E-state index in [4.69, 9.17) is 4.74 Å². The molecule has 0 saturated carbocycles. The number of benzene rings is 2. The molecule has 2 aromatic carbocycles. The summed E-state index contributed by atoms with van der Waals surface area (Å²) in [6.07, 6.45) is -0.375. The molecule has 0 bridgehead atoms. The van der Waals surface area contributed by atoms with Crippen molar-refractivity contribution in [3.63, 3.8) is 0 Å². The third kappa shape index (κ3) is 5.36. The second-order valence-electron chi connectivity index (χ2n) is 5.94. The van der Waals surface area contributed by atoms with Crippen molar-refractivity contribution in [2.45, 2.75) is 12.6 Å². The Kier molecular flexibility index (Phi) is 6.59. The van der Waals surface area contributed by atoms with Crippen LogP contribution in [0.3, 0.4) is 0 Å². The Morgan fingerprint density at radius 2 is 1.83 bits per heavy atom. The fraction of sp³-hybridized carbons (Fsp3) is 0.368. The molecule has 0 saturated heterocycles. The first-order valence-corrected chi connectivity index (χ1v) is 7.86. The second kappa shape index (κ2) is 8.67. The molecule has 0 fully saturated rings. The Hall–Kier alpha value is -1.88. The Balaban J connectivity index is 2.00. The van der Waals surface area contributed by atoms with Gasteiger partial charge in [-0.2, -0.15) is 0 Å². The summed E-state index contributed by atoms with van der Waals surface area (Å²) >= 11 is 0. The number of hydrogen-bond acceptors (Lipinski definition) is 4. The fourth-order valence-corrected chi connectivity index (χ4v) is 2.56. The number of nitrogens with one attached hydrogen (secondary N) is 1. The van der Waals surface area contributed by atoms with Gasteiger partial charge in [-0.25, -0.2) is 0 Å². The summed E-state index contributed by atoms with van der Waals surface area (Å²) in [5, 5.41) is 13.2. The van der Waals surface area contributed by atoms with Crippen LogP contribution in [0.4, 0.5) is 0 Å². The normalized spacial score (nSPS) is 12.4. The molecule has 0 heterocycles. The van der Waals surface area contributed by atoms with E-state index in [-0.39, 0.29) is 6.10 Å². The van der Waals surface area contributed by atoms with Crippen LogP contribution in [-0.2, 0) is 6.54 Å². The number of likely N-dealkylation sites (N-methyl/N-ethyl adjacent to an activating group) is 1. The summed E-state index contributed by atoms with van der Waals surface area (Å²) in [6.45, 7) is 1.88. The second-order valence-corrected chi connectivity index (χ2v) is 5.94. The van der Waals surface area contributed by atoms with Crippen LogP contribution < -0.4 is 10.1 Å². The minimum Gasteiger partial charge on any atom is -0.496 e. The molecule has 2 N–H and O–H groups in total. The average Bonchev–Trinajstić information content (AvgIpc) is 2.55. The van der Waals surface area contributed by atoms with Gasteiger partial charge < -0.3 is 20.1 Å². The van der Waals surface area contributed by atoms with E-state index in [0.29, 0.717) is 19.6 Å². The van der Waals surface area contributed by atoms with Crippen molar-refractivity contribution >= 4 is 0 Å². The Labute approximate surface area is 138 Å². The van der Waals surface area contributed by atoms with Gasteiger partial charge in [0, 0.05) is 25.2 Å². The zero-order chi connectivity index (χ0) is 16.7. The number of aliphatic hydroxyl groups is 1. The lowest BCUT2D eigenvalue weighted by Crippen LogP contribution is -2.34. The number of rotatable bonds is 8. The first-order valence-electron chi connectivity index (χ1n) is 7.86. The van der Waals surface area contributed by atoms with Crippen molar-refractivity contribution in [2.75, 3.05) is 34.3 Å². The van der Waals surface area contributed by atoms with E-state index in [1.807, 2.05) is 37.2 Å². The van der Waals surface area contributed by atoms with E-state index in [1.165, 1.54) is 5.56 Å². The lowest BCUT2D eigenvalue weighted by Gasteiger charge is -2.17. The average molecular weight is 314 g/mol. The Morgan fingerprint density at radius 1 is 1.09 bits per heavy atom. The minimum absolute atomic E-state index is 0.375. The van der Waals surface area contributed by atoms with Crippen LogP contribution in [0.2, 0.25) is 0 Å². The van der Waals surface area contributed by atoms with Crippen molar-refractivity contribution in [2.24, 2.45) is 0 Å². The molecule has 0 amide bonds. The molecule has 2 aromatic rings. The van der Waals surface area contributed by atoms with Crippen LogP contribution in [0.25, 0.3) is 11.1 Å². The summed E-state index contributed by atoms with van der Waals surface area (Å²) in [5.74, 6) is 0.862. The van der Waals surface area contributed by atoms with Gasteiger partial charge >= 0.3 is 0 Å². The van der Waals surface area contributed by atoms with Crippen molar-refractivity contribution in [1.82, 2.24) is 10.2 Å². The van der Waals surface area contributed by atoms with E-state index in [2.05, 4.69) is 35.6 Å². The van der Waals surface area contributed by atoms with Gasteiger partial charge in [0.15, 0.2) is 0 Å². The molecule has 124 valence electrons. The molecule has 0 aromatic heterocycles. The van der Waals surface area contributed by atoms with Crippen molar-refractivity contribution < 1.29 is 9.84 Å². The van der Waals surface area contributed by atoms with Gasteiger partial charge in [-0.05, 0) is 31.3 Å². The highest BCUT2D eigenvalue weighted by atomic mass is 16.5. The summed E-state index contributed by atoms with van der Waals surface area (Å²) in [6, 6.07) is 16.5. The van der Waals surface area contributed by atoms with Crippen LogP contribution in [-0.4, -0.2) is 50.4 Å². The summed E-state index contributed by atoms with van der Waals surface area (Å²) in [5.41, 5.74) is 3.40. The maximum Gasteiger partial charge on any atom is 0.123 e. The molecular formula is C19H26N2O2. The van der Waals surface area contributed by atoms with E-state index >= 15 is 0 Å². The van der Waals surface area contributed by atoms with Crippen LogP contribution >= 0.6 is 0 Å². The summed E-state index contributed by atoms with van der Waals surface area (Å²) in [4.78, 5) is 1.97. The molecule has 4 heteroatoms. The van der Waals surface area contributed by atoms with E-state index in [0.717, 1.165) is 16.9 Å².